The SMILES string of the molecule is FC[C@@H](c1cc(Cl)ccc1F)N1CCNCC1. The molecule has 17 heavy (non-hydrogen) atoms. The van der Waals surface area contributed by atoms with Crippen molar-refractivity contribution >= 4 is 11.6 Å². The van der Waals surface area contributed by atoms with E-state index in [-0.39, 0.29) is 0 Å². The number of piperazine rings is 1. The van der Waals surface area contributed by atoms with Gasteiger partial charge in [-0.1, -0.05) is 11.6 Å². The first-order valence-corrected chi connectivity index (χ1v) is 6.06. The molecular formula is C12H15ClF2N2. The summed E-state index contributed by atoms with van der Waals surface area (Å²) in [6, 6.07) is 3.76. The fourth-order valence-corrected chi connectivity index (χ4v) is 2.32. The maximum atomic E-state index is 13.7. The van der Waals surface area contributed by atoms with E-state index in [1.807, 2.05) is 4.90 Å². The Kier molecular flexibility index (Phi) is 4.31. The molecule has 0 aromatic heterocycles. The van der Waals surface area contributed by atoms with Crippen LogP contribution in [-0.4, -0.2) is 37.8 Å². The highest BCUT2D eigenvalue weighted by Crippen LogP contribution is 2.26. The molecule has 0 unspecified atom stereocenters. The second kappa shape index (κ2) is 5.76. The third-order valence-corrected chi connectivity index (χ3v) is 3.29. The van der Waals surface area contributed by atoms with Crippen molar-refractivity contribution in [2.45, 2.75) is 6.04 Å². The molecule has 0 spiro atoms. The van der Waals surface area contributed by atoms with Crippen LogP contribution in [0.25, 0.3) is 0 Å². The van der Waals surface area contributed by atoms with Gasteiger partial charge >= 0.3 is 0 Å². The predicted octanol–water partition coefficient (Wildman–Crippen LogP) is 2.39. The van der Waals surface area contributed by atoms with Gasteiger partial charge in [-0.2, -0.15) is 0 Å². The van der Waals surface area contributed by atoms with Gasteiger partial charge in [0.25, 0.3) is 0 Å². The van der Waals surface area contributed by atoms with E-state index in [1.165, 1.54) is 18.2 Å². The van der Waals surface area contributed by atoms with E-state index in [0.29, 0.717) is 10.6 Å². The summed E-state index contributed by atoms with van der Waals surface area (Å²) < 4.78 is 26.9. The Morgan fingerprint density at radius 1 is 1.35 bits per heavy atom. The van der Waals surface area contributed by atoms with Crippen molar-refractivity contribution in [1.82, 2.24) is 10.2 Å². The van der Waals surface area contributed by atoms with Crippen LogP contribution in [0.15, 0.2) is 18.2 Å². The maximum absolute atomic E-state index is 13.7. The van der Waals surface area contributed by atoms with Crippen molar-refractivity contribution in [3.05, 3.63) is 34.6 Å². The zero-order valence-corrected chi connectivity index (χ0v) is 10.2. The van der Waals surface area contributed by atoms with Crippen LogP contribution in [0.3, 0.4) is 0 Å². The van der Waals surface area contributed by atoms with Gasteiger partial charge in [-0.05, 0) is 18.2 Å². The summed E-state index contributed by atoms with van der Waals surface area (Å²) in [7, 11) is 0. The van der Waals surface area contributed by atoms with Crippen LogP contribution in [-0.2, 0) is 0 Å². The van der Waals surface area contributed by atoms with Crippen molar-refractivity contribution in [2.24, 2.45) is 0 Å². The van der Waals surface area contributed by atoms with Gasteiger partial charge in [0.1, 0.15) is 12.5 Å². The second-order valence-corrected chi connectivity index (χ2v) is 4.56. The first-order chi connectivity index (χ1) is 8.22. The molecule has 1 N–H and O–H groups in total. The number of benzene rings is 1. The number of rotatable bonds is 3. The van der Waals surface area contributed by atoms with E-state index in [0.717, 1.165) is 26.2 Å². The van der Waals surface area contributed by atoms with Gasteiger partial charge in [-0.15, -0.1) is 0 Å². The highest BCUT2D eigenvalue weighted by atomic mass is 35.5. The molecule has 1 heterocycles. The van der Waals surface area contributed by atoms with Gasteiger partial charge in [0.05, 0.1) is 6.04 Å². The molecule has 0 aliphatic carbocycles. The monoisotopic (exact) mass is 260 g/mol. The standard InChI is InChI=1S/C12H15ClF2N2/c13-9-1-2-11(15)10(7-9)12(8-14)17-5-3-16-4-6-17/h1-2,7,12,16H,3-6,8H2/t12-/m0/s1. The smallest absolute Gasteiger partial charge is 0.128 e. The number of nitrogens with one attached hydrogen (secondary N) is 1. The Bertz CT molecular complexity index is 381. The molecule has 1 atom stereocenters. The third-order valence-electron chi connectivity index (χ3n) is 3.06. The summed E-state index contributed by atoms with van der Waals surface area (Å²) in [6.07, 6.45) is 0. The molecule has 0 amide bonds. The molecule has 2 rings (SSSR count). The minimum atomic E-state index is -0.600. The Balaban J connectivity index is 2.24. The fourth-order valence-electron chi connectivity index (χ4n) is 2.14. The number of hydrogen-bond donors (Lipinski definition) is 1. The topological polar surface area (TPSA) is 15.3 Å². The van der Waals surface area contributed by atoms with Crippen LogP contribution in [0.2, 0.25) is 5.02 Å². The molecule has 1 fully saturated rings. The van der Waals surface area contributed by atoms with Crippen LogP contribution in [0.5, 0.6) is 0 Å². The molecule has 5 heteroatoms. The van der Waals surface area contributed by atoms with E-state index in [2.05, 4.69) is 5.32 Å². The first-order valence-electron chi connectivity index (χ1n) is 5.68. The summed E-state index contributed by atoms with van der Waals surface area (Å²) in [4.78, 5) is 1.95. The Hall–Kier alpha value is -0.710. The Morgan fingerprint density at radius 2 is 2.06 bits per heavy atom. The van der Waals surface area contributed by atoms with Crippen LogP contribution in [0, 0.1) is 5.82 Å². The predicted molar refractivity (Wildman–Crippen MR) is 64.6 cm³/mol. The largest absolute Gasteiger partial charge is 0.314 e. The van der Waals surface area contributed by atoms with Crippen LogP contribution in [0.1, 0.15) is 11.6 Å². The van der Waals surface area contributed by atoms with Gasteiger partial charge in [0.2, 0.25) is 0 Å². The van der Waals surface area contributed by atoms with Crippen LogP contribution >= 0.6 is 11.6 Å². The van der Waals surface area contributed by atoms with E-state index in [4.69, 9.17) is 11.6 Å². The summed E-state index contributed by atoms with van der Waals surface area (Å²) in [5, 5.41) is 3.63. The lowest BCUT2D eigenvalue weighted by Crippen LogP contribution is -2.45. The lowest BCUT2D eigenvalue weighted by Gasteiger charge is -2.33. The molecule has 0 radical (unpaired) electrons. The van der Waals surface area contributed by atoms with E-state index in [9.17, 15) is 8.78 Å². The Morgan fingerprint density at radius 3 is 2.71 bits per heavy atom. The lowest BCUT2D eigenvalue weighted by atomic mass is 10.0. The van der Waals surface area contributed by atoms with Gasteiger partial charge < -0.3 is 5.32 Å². The quantitative estimate of drug-likeness (QED) is 0.898. The van der Waals surface area contributed by atoms with Crippen molar-refractivity contribution in [1.29, 1.82) is 0 Å². The van der Waals surface area contributed by atoms with Gasteiger partial charge in [-0.25, -0.2) is 8.78 Å². The average molecular weight is 261 g/mol. The van der Waals surface area contributed by atoms with Gasteiger partial charge in [-0.3, -0.25) is 4.90 Å². The zero-order chi connectivity index (χ0) is 12.3. The number of halogens is 3. The molecular weight excluding hydrogens is 246 g/mol. The normalized spacial score (nSPS) is 19.2. The molecule has 1 aliphatic heterocycles. The van der Waals surface area contributed by atoms with Crippen molar-refractivity contribution in [3.63, 3.8) is 0 Å². The zero-order valence-electron chi connectivity index (χ0n) is 9.43. The lowest BCUT2D eigenvalue weighted by molar-refractivity contribution is 0.144. The molecule has 1 aliphatic rings. The van der Waals surface area contributed by atoms with Crippen LogP contribution in [0.4, 0.5) is 8.78 Å². The molecule has 1 saturated heterocycles. The van der Waals surface area contributed by atoms with E-state index < -0.39 is 18.5 Å². The molecule has 1 aromatic carbocycles. The fraction of sp³-hybridized carbons (Fsp3) is 0.500. The van der Waals surface area contributed by atoms with Crippen molar-refractivity contribution < 1.29 is 8.78 Å². The second-order valence-electron chi connectivity index (χ2n) is 4.12. The highest BCUT2D eigenvalue weighted by Gasteiger charge is 2.24. The average Bonchev–Trinajstić information content (AvgIpc) is 2.36. The number of nitrogens with zero attached hydrogens (tertiary/aromatic N) is 1. The minimum absolute atomic E-state index is 0.349. The first kappa shape index (κ1) is 12.7. The highest BCUT2D eigenvalue weighted by molar-refractivity contribution is 6.30. The molecule has 1 aromatic rings. The minimum Gasteiger partial charge on any atom is -0.314 e. The summed E-state index contributed by atoms with van der Waals surface area (Å²) in [5.41, 5.74) is 0.349. The molecule has 94 valence electrons. The molecule has 2 nitrogen and oxygen atoms in total. The van der Waals surface area contributed by atoms with Crippen molar-refractivity contribution in [3.8, 4) is 0 Å². The van der Waals surface area contributed by atoms with Gasteiger partial charge in [0, 0.05) is 36.8 Å². The van der Waals surface area contributed by atoms with E-state index >= 15 is 0 Å². The summed E-state index contributed by atoms with van der Waals surface area (Å²) in [6.45, 7) is 2.45. The molecule has 0 bridgehead atoms. The maximum Gasteiger partial charge on any atom is 0.128 e. The van der Waals surface area contributed by atoms with Crippen molar-refractivity contribution in [2.75, 3.05) is 32.9 Å². The third kappa shape index (κ3) is 2.94. The summed E-state index contributed by atoms with van der Waals surface area (Å²) in [5.74, 6) is -0.393. The number of hydrogen-bond acceptors (Lipinski definition) is 2. The van der Waals surface area contributed by atoms with E-state index in [1.54, 1.807) is 0 Å². The van der Waals surface area contributed by atoms with Crippen LogP contribution < -0.4 is 5.32 Å². The number of alkyl halides is 1. The summed E-state index contributed by atoms with van der Waals surface area (Å²) >= 11 is 5.84. The van der Waals surface area contributed by atoms with Gasteiger partial charge in [0.15, 0.2) is 0 Å². The Labute approximate surface area is 105 Å². The molecule has 0 saturated carbocycles.